The number of rotatable bonds is 6. The van der Waals surface area contributed by atoms with Gasteiger partial charge in [0.1, 0.15) is 11.9 Å². The average molecular weight is 409 g/mol. The molecular weight excluding hydrogens is 397 g/mol. The molecule has 27 heavy (non-hydrogen) atoms. The lowest BCUT2D eigenvalue weighted by Gasteiger charge is -2.17. The molecule has 1 atom stereocenters. The third-order valence-electron chi connectivity index (χ3n) is 3.64. The maximum Gasteiger partial charge on any atom is 0.276 e. The summed E-state index contributed by atoms with van der Waals surface area (Å²) in [5.74, 6) is -0.267. The predicted molar refractivity (Wildman–Crippen MR) is 95.5 cm³/mol. The zero-order valence-corrected chi connectivity index (χ0v) is 15.2. The Hall–Kier alpha value is -2.71. The predicted octanol–water partition coefficient (Wildman–Crippen LogP) is 2.18. The number of hydrogen-bond donors (Lipinski definition) is 1. The number of nitro groups is 1. The number of nitrogens with zero attached hydrogens (tertiary/aromatic N) is 3. The van der Waals surface area contributed by atoms with E-state index >= 15 is 0 Å². The molecule has 0 aliphatic rings. The largest absolute Gasteiger partial charge is 0.775 e. The summed E-state index contributed by atoms with van der Waals surface area (Å²) in [6.45, 7) is -0.302. The van der Waals surface area contributed by atoms with Crippen molar-refractivity contribution in [1.82, 2.24) is 9.78 Å². The molecule has 0 saturated heterocycles. The molecule has 3 rings (SSSR count). The number of para-hydroxylation sites is 1. The highest BCUT2D eigenvalue weighted by molar-refractivity contribution is 7.59. The van der Waals surface area contributed by atoms with E-state index in [2.05, 4.69) is 5.10 Å². The quantitative estimate of drug-likeness (QED) is 0.375. The smallest absolute Gasteiger partial charge is 0.276 e. The Labute approximate surface area is 158 Å². The van der Waals surface area contributed by atoms with Crippen LogP contribution in [0, 0.1) is 10.1 Å². The summed E-state index contributed by atoms with van der Waals surface area (Å²) < 4.78 is 18.3. The van der Waals surface area contributed by atoms with Gasteiger partial charge in [0.2, 0.25) is 5.88 Å². The van der Waals surface area contributed by atoms with Crippen LogP contribution in [0.4, 0.5) is 5.69 Å². The summed E-state index contributed by atoms with van der Waals surface area (Å²) in [4.78, 5) is 31.7. The van der Waals surface area contributed by atoms with Gasteiger partial charge in [-0.15, -0.1) is 0 Å². The van der Waals surface area contributed by atoms with Crippen molar-refractivity contribution in [2.45, 2.75) is 6.61 Å². The first kappa shape index (κ1) is 19.1. The van der Waals surface area contributed by atoms with Gasteiger partial charge < -0.3 is 19.1 Å². The highest BCUT2D eigenvalue weighted by Crippen LogP contribution is 2.34. The molecule has 0 radical (unpaired) electrons. The van der Waals surface area contributed by atoms with Gasteiger partial charge in [0.25, 0.3) is 5.69 Å². The zero-order chi connectivity index (χ0) is 19.6. The Kier molecular flexibility index (Phi) is 5.29. The lowest BCUT2D eigenvalue weighted by Crippen LogP contribution is -2.17. The van der Waals surface area contributed by atoms with Gasteiger partial charge in [0, 0.05) is 11.1 Å². The number of ether oxygens (including phenoxy) is 1. The Morgan fingerprint density at radius 2 is 1.89 bits per heavy atom. The van der Waals surface area contributed by atoms with E-state index in [4.69, 9.17) is 16.3 Å². The van der Waals surface area contributed by atoms with Crippen LogP contribution in [0.5, 0.6) is 5.88 Å². The number of hydrogen-bond acceptors (Lipinski definition) is 6. The fourth-order valence-electron chi connectivity index (χ4n) is 2.38. The first-order valence-electron chi connectivity index (χ1n) is 7.51. The van der Waals surface area contributed by atoms with Crippen molar-refractivity contribution in [1.29, 1.82) is 0 Å². The topological polar surface area (TPSA) is 131 Å². The van der Waals surface area contributed by atoms with E-state index in [0.717, 1.165) is 10.9 Å². The molecule has 1 heterocycles. The molecule has 0 amide bonds. The van der Waals surface area contributed by atoms with Gasteiger partial charge in [-0.2, -0.15) is 5.10 Å². The van der Waals surface area contributed by atoms with Crippen molar-refractivity contribution in [3.63, 3.8) is 0 Å². The molecule has 2 aromatic carbocycles. The van der Waals surface area contributed by atoms with Gasteiger partial charge in [0.05, 0.1) is 22.4 Å². The lowest BCUT2D eigenvalue weighted by molar-refractivity contribution is -0.385. The molecule has 3 aromatic rings. The van der Waals surface area contributed by atoms with E-state index in [0.29, 0.717) is 10.7 Å². The Bertz CT molecular complexity index is 1030. The second kappa shape index (κ2) is 7.50. The van der Waals surface area contributed by atoms with E-state index in [1.165, 1.54) is 18.2 Å². The van der Waals surface area contributed by atoms with Gasteiger partial charge in [-0.1, -0.05) is 23.7 Å². The number of nitro benzene ring substituents is 1. The molecule has 140 valence electrons. The summed E-state index contributed by atoms with van der Waals surface area (Å²) in [7, 11) is -4.94. The third kappa shape index (κ3) is 4.17. The maximum absolute atomic E-state index is 11.7. The molecule has 11 heteroatoms. The monoisotopic (exact) mass is 408 g/mol. The minimum absolute atomic E-state index is 0.175. The summed E-state index contributed by atoms with van der Waals surface area (Å²) >= 11 is 5.85. The molecule has 1 unspecified atom stereocenters. The second-order valence-electron chi connectivity index (χ2n) is 5.42. The molecular formula is C16H12ClN3O6P-. The standard InChI is InChI=1S/C16H13ClN3O6P/c17-12-5-7-13(8-6-12)19-16(15(9-18-19)27(23,24)25)26-10-11-3-1-2-4-14(11)20(21)22/h1-9H,10H2,(H2,23,24,25)/p-1. The zero-order valence-electron chi connectivity index (χ0n) is 13.6. The molecule has 0 spiro atoms. The molecule has 0 bridgehead atoms. The average Bonchev–Trinajstić information content (AvgIpc) is 3.05. The first-order chi connectivity index (χ1) is 12.8. The van der Waals surface area contributed by atoms with Gasteiger partial charge >= 0.3 is 0 Å². The van der Waals surface area contributed by atoms with Gasteiger partial charge in [-0.3, -0.25) is 10.1 Å². The van der Waals surface area contributed by atoms with Gasteiger partial charge in [0.15, 0.2) is 7.60 Å². The van der Waals surface area contributed by atoms with Crippen LogP contribution in [0.2, 0.25) is 5.02 Å². The normalized spacial score (nSPS) is 13.1. The Morgan fingerprint density at radius 3 is 2.52 bits per heavy atom. The fraction of sp³-hybridized carbons (Fsp3) is 0.0625. The summed E-state index contributed by atoms with van der Waals surface area (Å²) in [6, 6.07) is 12.2. The van der Waals surface area contributed by atoms with Gasteiger partial charge in [-0.25, -0.2) is 4.68 Å². The van der Waals surface area contributed by atoms with Crippen molar-refractivity contribution in [3.05, 3.63) is 75.4 Å². The van der Waals surface area contributed by atoms with E-state index in [1.807, 2.05) is 0 Å². The van der Waals surface area contributed by atoms with Crippen LogP contribution in [0.3, 0.4) is 0 Å². The Morgan fingerprint density at radius 1 is 1.22 bits per heavy atom. The van der Waals surface area contributed by atoms with Crippen molar-refractivity contribution >= 4 is 30.2 Å². The molecule has 1 N–H and O–H groups in total. The second-order valence-corrected chi connectivity index (χ2v) is 7.38. The molecule has 0 saturated carbocycles. The van der Waals surface area contributed by atoms with Crippen molar-refractivity contribution < 1.29 is 24.0 Å². The number of benzene rings is 2. The SMILES string of the molecule is O=[N+]([O-])c1ccccc1COc1c(P(=O)([O-])O)cnn1-c1ccc(Cl)cc1. The minimum Gasteiger partial charge on any atom is -0.775 e. The first-order valence-corrected chi connectivity index (χ1v) is 9.46. The summed E-state index contributed by atoms with van der Waals surface area (Å²) in [6.07, 6.45) is 0.942. The van der Waals surface area contributed by atoms with Gasteiger partial charge in [-0.05, 0) is 30.3 Å². The van der Waals surface area contributed by atoms with Crippen LogP contribution in [0.25, 0.3) is 5.69 Å². The van der Waals surface area contributed by atoms with Crippen molar-refractivity contribution in [2.24, 2.45) is 0 Å². The van der Waals surface area contributed by atoms with Crippen LogP contribution in [0.1, 0.15) is 5.56 Å². The number of halogens is 1. The highest BCUT2D eigenvalue weighted by atomic mass is 35.5. The minimum atomic E-state index is -4.94. The van der Waals surface area contributed by atoms with E-state index in [9.17, 15) is 24.5 Å². The third-order valence-corrected chi connectivity index (χ3v) is 4.80. The molecule has 0 aliphatic heterocycles. The van der Waals surface area contributed by atoms with Crippen LogP contribution in [-0.2, 0) is 11.2 Å². The molecule has 0 fully saturated rings. The van der Waals surface area contributed by atoms with E-state index in [1.54, 1.807) is 30.3 Å². The number of aromatic nitrogens is 2. The van der Waals surface area contributed by atoms with E-state index < -0.39 is 17.8 Å². The molecule has 9 nitrogen and oxygen atoms in total. The molecule has 0 aliphatic carbocycles. The van der Waals surface area contributed by atoms with Crippen molar-refractivity contribution in [3.8, 4) is 11.6 Å². The van der Waals surface area contributed by atoms with E-state index in [-0.39, 0.29) is 23.7 Å². The lowest BCUT2D eigenvalue weighted by atomic mass is 10.2. The van der Waals surface area contributed by atoms with Crippen LogP contribution < -0.4 is 14.9 Å². The molecule has 1 aromatic heterocycles. The maximum atomic E-state index is 11.7. The van der Waals surface area contributed by atoms with Crippen LogP contribution in [0.15, 0.2) is 54.7 Å². The fourth-order valence-corrected chi connectivity index (χ4v) is 3.11. The van der Waals surface area contributed by atoms with Crippen LogP contribution >= 0.6 is 19.2 Å². The van der Waals surface area contributed by atoms with Crippen LogP contribution in [-0.4, -0.2) is 19.6 Å². The Balaban J connectivity index is 2.01. The highest BCUT2D eigenvalue weighted by Gasteiger charge is 2.23. The summed E-state index contributed by atoms with van der Waals surface area (Å²) in [5.41, 5.74) is 0.485. The van der Waals surface area contributed by atoms with Crippen molar-refractivity contribution in [2.75, 3.05) is 0 Å². The summed E-state index contributed by atoms with van der Waals surface area (Å²) in [5, 5.41) is 15.0.